The summed E-state index contributed by atoms with van der Waals surface area (Å²) in [4.78, 5) is 0. The molecule has 0 unspecified atom stereocenters. The molecular formula is C8H8AsClO2. The number of rotatable bonds is 2. The van der Waals surface area contributed by atoms with Gasteiger partial charge >= 0.3 is 85.2 Å². The van der Waals surface area contributed by atoms with Crippen LogP contribution in [0, 0.1) is 0 Å². The van der Waals surface area contributed by atoms with Gasteiger partial charge in [-0.25, -0.2) is 0 Å². The van der Waals surface area contributed by atoms with Crippen LogP contribution < -0.4 is 13.8 Å². The molecule has 0 aliphatic carbocycles. The van der Waals surface area contributed by atoms with E-state index in [-0.39, 0.29) is 0 Å². The summed E-state index contributed by atoms with van der Waals surface area (Å²) in [6, 6.07) is 3.55. The van der Waals surface area contributed by atoms with Gasteiger partial charge in [-0.1, -0.05) is 0 Å². The van der Waals surface area contributed by atoms with E-state index in [1.807, 2.05) is 6.07 Å². The molecule has 0 heterocycles. The summed E-state index contributed by atoms with van der Waals surface area (Å²) in [6.45, 7) is 0. The summed E-state index contributed by atoms with van der Waals surface area (Å²) in [5.41, 5.74) is 0. The van der Waals surface area contributed by atoms with Crippen LogP contribution in [-0.4, -0.2) is 31.1 Å². The first-order valence-corrected chi connectivity index (χ1v) is 4.61. The molecule has 0 aliphatic rings. The molecular weight excluding hydrogens is 238 g/mol. The molecule has 12 heavy (non-hydrogen) atoms. The predicted octanol–water partition coefficient (Wildman–Crippen LogP) is 1.15. The molecule has 0 fully saturated rings. The quantitative estimate of drug-likeness (QED) is 0.729. The predicted molar refractivity (Wildman–Crippen MR) is 49.9 cm³/mol. The maximum atomic E-state index is 5.87. The van der Waals surface area contributed by atoms with Gasteiger partial charge in [-0.15, -0.1) is 0 Å². The van der Waals surface area contributed by atoms with Gasteiger partial charge in [-0.05, 0) is 0 Å². The molecule has 1 aromatic rings. The van der Waals surface area contributed by atoms with E-state index in [1.54, 1.807) is 20.3 Å². The van der Waals surface area contributed by atoms with Crippen molar-refractivity contribution in [3.63, 3.8) is 0 Å². The Morgan fingerprint density at radius 1 is 1.17 bits per heavy atom. The normalized spacial score (nSPS) is 9.67. The molecule has 0 spiro atoms. The summed E-state index contributed by atoms with van der Waals surface area (Å²) in [7, 11) is 3.19. The van der Waals surface area contributed by atoms with Crippen LogP contribution in [0.25, 0.3) is 0 Å². The third-order valence-electron chi connectivity index (χ3n) is 1.45. The molecule has 0 saturated heterocycles. The van der Waals surface area contributed by atoms with E-state index in [1.165, 1.54) is 0 Å². The first kappa shape index (κ1) is 9.75. The van der Waals surface area contributed by atoms with E-state index >= 15 is 0 Å². The van der Waals surface area contributed by atoms with Crippen molar-refractivity contribution in [1.82, 2.24) is 0 Å². The number of methoxy groups -OCH3 is 2. The van der Waals surface area contributed by atoms with Gasteiger partial charge in [-0.3, -0.25) is 0 Å². The summed E-state index contributed by atoms with van der Waals surface area (Å²) >= 11 is 8.27. The van der Waals surface area contributed by atoms with E-state index in [4.69, 9.17) is 21.1 Å². The number of ether oxygens (including phenoxy) is 2. The van der Waals surface area contributed by atoms with Gasteiger partial charge in [0.2, 0.25) is 0 Å². The van der Waals surface area contributed by atoms with Crippen LogP contribution in [0.15, 0.2) is 12.1 Å². The second kappa shape index (κ2) is 4.06. The molecule has 2 nitrogen and oxygen atoms in total. The van der Waals surface area contributed by atoms with Gasteiger partial charge < -0.3 is 0 Å². The summed E-state index contributed by atoms with van der Waals surface area (Å²) in [6.07, 6.45) is 0. The van der Waals surface area contributed by atoms with Crippen LogP contribution in [0.1, 0.15) is 0 Å². The standard InChI is InChI=1S/C8H8AsClO2/c1-11-7-4-6(10)8(12-2)3-5(7)9/h3-4H,1-2H3. The number of benzene rings is 1. The van der Waals surface area contributed by atoms with Gasteiger partial charge in [0.1, 0.15) is 0 Å². The second-order valence-corrected chi connectivity index (χ2v) is 3.58. The Balaban J connectivity index is 3.16. The van der Waals surface area contributed by atoms with E-state index in [2.05, 4.69) is 16.9 Å². The van der Waals surface area contributed by atoms with Gasteiger partial charge in [-0.2, -0.15) is 0 Å². The Morgan fingerprint density at radius 2 is 1.75 bits per heavy atom. The first-order chi connectivity index (χ1) is 5.69. The van der Waals surface area contributed by atoms with Crippen molar-refractivity contribution in [2.75, 3.05) is 14.2 Å². The molecule has 1 aromatic carbocycles. The Labute approximate surface area is 85.3 Å². The van der Waals surface area contributed by atoms with E-state index in [0.717, 1.165) is 10.1 Å². The fraction of sp³-hybridized carbons (Fsp3) is 0.250. The summed E-state index contributed by atoms with van der Waals surface area (Å²) in [5.74, 6) is 1.41. The number of halogens is 1. The van der Waals surface area contributed by atoms with Crippen molar-refractivity contribution in [3.05, 3.63) is 17.2 Å². The molecule has 0 bridgehead atoms. The van der Waals surface area contributed by atoms with Gasteiger partial charge in [0.05, 0.1) is 0 Å². The second-order valence-electron chi connectivity index (χ2n) is 2.16. The van der Waals surface area contributed by atoms with Gasteiger partial charge in [0.15, 0.2) is 0 Å². The molecule has 0 amide bonds. The van der Waals surface area contributed by atoms with Crippen molar-refractivity contribution < 1.29 is 9.47 Å². The molecule has 0 aromatic heterocycles. The van der Waals surface area contributed by atoms with Gasteiger partial charge in [0.25, 0.3) is 0 Å². The third kappa shape index (κ3) is 1.88. The molecule has 0 N–H and O–H groups in total. The number of hydrogen-bond acceptors (Lipinski definition) is 2. The minimum absolute atomic E-state index is 0.559. The van der Waals surface area contributed by atoms with Crippen molar-refractivity contribution in [2.45, 2.75) is 0 Å². The molecule has 1 rings (SSSR count). The minimum atomic E-state index is 0.559. The zero-order valence-electron chi connectivity index (χ0n) is 6.80. The number of hydrogen-bond donors (Lipinski definition) is 0. The van der Waals surface area contributed by atoms with E-state index in [0.29, 0.717) is 10.8 Å². The van der Waals surface area contributed by atoms with E-state index in [9.17, 15) is 0 Å². The van der Waals surface area contributed by atoms with Crippen LogP contribution in [-0.2, 0) is 0 Å². The zero-order chi connectivity index (χ0) is 9.14. The fourth-order valence-corrected chi connectivity index (χ4v) is 1.65. The van der Waals surface area contributed by atoms with Crippen LogP contribution in [0.3, 0.4) is 0 Å². The topological polar surface area (TPSA) is 18.5 Å². The van der Waals surface area contributed by atoms with Gasteiger partial charge in [0, 0.05) is 0 Å². The van der Waals surface area contributed by atoms with Crippen LogP contribution in [0.5, 0.6) is 11.5 Å². The molecule has 2 radical (unpaired) electrons. The van der Waals surface area contributed by atoms with Crippen LogP contribution >= 0.6 is 11.6 Å². The SMILES string of the molecule is COc1cc([As])c(OC)cc1Cl. The Morgan fingerprint density at radius 3 is 2.25 bits per heavy atom. The van der Waals surface area contributed by atoms with Crippen molar-refractivity contribution in [3.8, 4) is 11.5 Å². The summed E-state index contributed by atoms with van der Waals surface area (Å²) in [5, 5.41) is 0.559. The van der Waals surface area contributed by atoms with Crippen molar-refractivity contribution in [2.24, 2.45) is 0 Å². The Hall–Kier alpha value is -0.332. The Kier molecular flexibility index (Phi) is 3.30. The zero-order valence-corrected chi connectivity index (χ0v) is 9.43. The van der Waals surface area contributed by atoms with Crippen molar-refractivity contribution >= 4 is 32.8 Å². The molecule has 4 heteroatoms. The molecule has 0 saturated carbocycles. The molecule has 0 atom stereocenters. The monoisotopic (exact) mass is 246 g/mol. The fourth-order valence-electron chi connectivity index (χ4n) is 0.844. The average molecular weight is 247 g/mol. The van der Waals surface area contributed by atoms with Crippen LogP contribution in [0.4, 0.5) is 0 Å². The summed E-state index contributed by atoms with van der Waals surface area (Å²) < 4.78 is 11.0. The first-order valence-electron chi connectivity index (χ1n) is 3.29. The molecule has 0 aliphatic heterocycles. The van der Waals surface area contributed by atoms with E-state index < -0.39 is 0 Å². The maximum absolute atomic E-state index is 5.87. The average Bonchev–Trinajstić information content (AvgIpc) is 2.08. The molecule has 64 valence electrons. The van der Waals surface area contributed by atoms with Crippen molar-refractivity contribution in [1.29, 1.82) is 0 Å². The Bertz CT molecular complexity index is 259. The third-order valence-corrected chi connectivity index (χ3v) is 2.48. The van der Waals surface area contributed by atoms with Crippen LogP contribution in [0.2, 0.25) is 5.02 Å².